The molecule has 0 aliphatic rings. The Kier molecular flexibility index (Phi) is 6.10. The normalized spacial score (nSPS) is 10.4. The average Bonchev–Trinajstić information content (AvgIpc) is 2.81. The van der Waals surface area contributed by atoms with Gasteiger partial charge >= 0.3 is 0 Å². The molecule has 31 heavy (non-hydrogen) atoms. The molecule has 0 spiro atoms. The molecule has 0 saturated heterocycles. The van der Waals surface area contributed by atoms with Crippen LogP contribution in [0.4, 0.5) is 5.69 Å². The number of ether oxygens (including phenoxy) is 2. The summed E-state index contributed by atoms with van der Waals surface area (Å²) in [5.74, 6) is 1.87. The van der Waals surface area contributed by atoms with E-state index in [9.17, 15) is 4.79 Å². The molecule has 1 aromatic heterocycles. The van der Waals surface area contributed by atoms with E-state index < -0.39 is 0 Å². The standard InChI is InChI=1S/C24H18ClN3O3/c1-30-20-6-3-7-21(15-20)31-22-12-13-26-23(28-22)16-4-2-5-17(14-16)24(29)27-19-10-8-18(25)9-11-19/h2-15H,1H3,(H,27,29). The lowest BCUT2D eigenvalue weighted by Crippen LogP contribution is -2.11. The van der Waals surface area contributed by atoms with E-state index in [-0.39, 0.29) is 5.91 Å². The number of aromatic nitrogens is 2. The van der Waals surface area contributed by atoms with Crippen LogP contribution in [-0.4, -0.2) is 23.0 Å². The predicted octanol–water partition coefficient (Wildman–Crippen LogP) is 5.85. The Morgan fingerprint density at radius 1 is 0.935 bits per heavy atom. The van der Waals surface area contributed by atoms with Gasteiger partial charge in [0, 0.05) is 40.2 Å². The van der Waals surface area contributed by atoms with Gasteiger partial charge in [0.2, 0.25) is 5.88 Å². The first-order chi connectivity index (χ1) is 15.1. The highest BCUT2D eigenvalue weighted by Gasteiger charge is 2.10. The van der Waals surface area contributed by atoms with Crippen LogP contribution in [0.3, 0.4) is 0 Å². The summed E-state index contributed by atoms with van der Waals surface area (Å²) in [5, 5.41) is 3.45. The van der Waals surface area contributed by atoms with E-state index in [2.05, 4.69) is 15.3 Å². The van der Waals surface area contributed by atoms with Crippen molar-refractivity contribution in [3.8, 4) is 28.8 Å². The number of benzene rings is 3. The molecule has 0 aliphatic heterocycles. The number of nitrogens with one attached hydrogen (secondary N) is 1. The lowest BCUT2D eigenvalue weighted by Gasteiger charge is -2.09. The summed E-state index contributed by atoms with van der Waals surface area (Å²) < 4.78 is 11.0. The number of halogens is 1. The molecule has 0 bridgehead atoms. The second-order valence-corrected chi connectivity index (χ2v) is 6.98. The Balaban J connectivity index is 1.54. The van der Waals surface area contributed by atoms with Gasteiger partial charge in [-0.25, -0.2) is 4.98 Å². The molecule has 4 rings (SSSR count). The fourth-order valence-electron chi connectivity index (χ4n) is 2.86. The molecule has 7 heteroatoms. The topological polar surface area (TPSA) is 73.3 Å². The van der Waals surface area contributed by atoms with Crippen molar-refractivity contribution in [1.29, 1.82) is 0 Å². The van der Waals surface area contributed by atoms with Crippen LogP contribution in [0.15, 0.2) is 85.1 Å². The smallest absolute Gasteiger partial charge is 0.255 e. The lowest BCUT2D eigenvalue weighted by molar-refractivity contribution is 0.102. The van der Waals surface area contributed by atoms with Crippen molar-refractivity contribution in [3.05, 3.63) is 95.6 Å². The quantitative estimate of drug-likeness (QED) is 0.414. The first kappa shape index (κ1) is 20.4. The third-order valence-corrected chi connectivity index (χ3v) is 4.63. The maximum atomic E-state index is 12.6. The van der Waals surface area contributed by atoms with Gasteiger partial charge in [0.25, 0.3) is 5.91 Å². The summed E-state index contributed by atoms with van der Waals surface area (Å²) in [6.45, 7) is 0. The molecule has 6 nitrogen and oxygen atoms in total. The van der Waals surface area contributed by atoms with Gasteiger partial charge in [-0.05, 0) is 48.5 Å². The summed E-state index contributed by atoms with van der Waals surface area (Å²) >= 11 is 5.89. The molecule has 1 N–H and O–H groups in total. The SMILES string of the molecule is COc1cccc(Oc2ccnc(-c3cccc(C(=O)Nc4ccc(Cl)cc4)c3)n2)c1. The number of hydrogen-bond acceptors (Lipinski definition) is 5. The van der Waals surface area contributed by atoms with E-state index in [1.807, 2.05) is 24.3 Å². The van der Waals surface area contributed by atoms with E-state index in [1.54, 1.807) is 67.9 Å². The molecule has 154 valence electrons. The number of methoxy groups -OCH3 is 1. The molecule has 1 heterocycles. The van der Waals surface area contributed by atoms with Crippen LogP contribution in [0.5, 0.6) is 17.4 Å². The van der Waals surface area contributed by atoms with Crippen LogP contribution in [0, 0.1) is 0 Å². The first-order valence-electron chi connectivity index (χ1n) is 9.43. The zero-order valence-electron chi connectivity index (χ0n) is 16.6. The van der Waals surface area contributed by atoms with E-state index in [0.717, 1.165) is 0 Å². The molecule has 0 fully saturated rings. The number of nitrogens with zero attached hydrogens (tertiary/aromatic N) is 2. The van der Waals surface area contributed by atoms with E-state index >= 15 is 0 Å². The van der Waals surface area contributed by atoms with E-state index in [4.69, 9.17) is 21.1 Å². The Morgan fingerprint density at radius 2 is 1.71 bits per heavy atom. The van der Waals surface area contributed by atoms with Crippen LogP contribution in [0.25, 0.3) is 11.4 Å². The highest BCUT2D eigenvalue weighted by molar-refractivity contribution is 6.30. The molecule has 1 amide bonds. The number of carbonyl (C=O) groups excluding carboxylic acids is 1. The highest BCUT2D eigenvalue weighted by Crippen LogP contribution is 2.25. The van der Waals surface area contributed by atoms with Crippen molar-refractivity contribution in [2.45, 2.75) is 0 Å². The second-order valence-electron chi connectivity index (χ2n) is 6.54. The summed E-state index contributed by atoms with van der Waals surface area (Å²) in [6, 6.07) is 22.9. The minimum absolute atomic E-state index is 0.243. The Morgan fingerprint density at radius 3 is 2.52 bits per heavy atom. The van der Waals surface area contributed by atoms with Gasteiger partial charge in [0.15, 0.2) is 5.82 Å². The van der Waals surface area contributed by atoms with Crippen LogP contribution in [0.2, 0.25) is 5.02 Å². The summed E-state index contributed by atoms with van der Waals surface area (Å²) in [7, 11) is 1.60. The van der Waals surface area contributed by atoms with E-state index in [1.165, 1.54) is 0 Å². The van der Waals surface area contributed by atoms with Crippen LogP contribution in [0.1, 0.15) is 10.4 Å². The number of amides is 1. The van der Waals surface area contributed by atoms with Crippen molar-refractivity contribution in [1.82, 2.24) is 9.97 Å². The second kappa shape index (κ2) is 9.28. The van der Waals surface area contributed by atoms with Gasteiger partial charge in [-0.2, -0.15) is 4.98 Å². The minimum Gasteiger partial charge on any atom is -0.497 e. The van der Waals surface area contributed by atoms with Gasteiger partial charge in [-0.3, -0.25) is 4.79 Å². The molecular formula is C24H18ClN3O3. The molecule has 0 aliphatic carbocycles. The molecule has 0 radical (unpaired) electrons. The van der Waals surface area contributed by atoms with Gasteiger partial charge in [-0.1, -0.05) is 29.8 Å². The Hall–Kier alpha value is -3.90. The highest BCUT2D eigenvalue weighted by atomic mass is 35.5. The zero-order valence-corrected chi connectivity index (χ0v) is 17.3. The molecule has 3 aromatic carbocycles. The summed E-state index contributed by atoms with van der Waals surface area (Å²) in [6.07, 6.45) is 1.61. The fourth-order valence-corrected chi connectivity index (χ4v) is 2.99. The maximum absolute atomic E-state index is 12.6. The van der Waals surface area contributed by atoms with Gasteiger partial charge in [-0.15, -0.1) is 0 Å². The largest absolute Gasteiger partial charge is 0.497 e. The van der Waals surface area contributed by atoms with Crippen LogP contribution < -0.4 is 14.8 Å². The third kappa shape index (κ3) is 5.18. The van der Waals surface area contributed by atoms with Crippen molar-refractivity contribution in [2.24, 2.45) is 0 Å². The lowest BCUT2D eigenvalue weighted by atomic mass is 10.1. The fraction of sp³-hybridized carbons (Fsp3) is 0.0417. The van der Waals surface area contributed by atoms with E-state index in [0.29, 0.717) is 45.0 Å². The number of carbonyl (C=O) groups is 1. The zero-order chi connectivity index (χ0) is 21.6. The van der Waals surface area contributed by atoms with Gasteiger partial charge in [0.05, 0.1) is 7.11 Å². The van der Waals surface area contributed by atoms with Crippen molar-refractivity contribution >= 4 is 23.2 Å². The van der Waals surface area contributed by atoms with Crippen LogP contribution >= 0.6 is 11.6 Å². The molecule has 0 saturated carbocycles. The Labute approximate surface area is 184 Å². The van der Waals surface area contributed by atoms with Crippen LogP contribution in [-0.2, 0) is 0 Å². The van der Waals surface area contributed by atoms with Crippen molar-refractivity contribution in [2.75, 3.05) is 12.4 Å². The first-order valence-corrected chi connectivity index (χ1v) is 9.81. The molecule has 0 unspecified atom stereocenters. The summed E-state index contributed by atoms with van der Waals surface area (Å²) in [5.41, 5.74) is 1.83. The monoisotopic (exact) mass is 431 g/mol. The Bertz CT molecular complexity index is 1210. The number of hydrogen-bond donors (Lipinski definition) is 1. The predicted molar refractivity (Wildman–Crippen MR) is 120 cm³/mol. The maximum Gasteiger partial charge on any atom is 0.255 e. The molecular weight excluding hydrogens is 414 g/mol. The average molecular weight is 432 g/mol. The van der Waals surface area contributed by atoms with Gasteiger partial charge in [0.1, 0.15) is 11.5 Å². The van der Waals surface area contributed by atoms with Crippen molar-refractivity contribution < 1.29 is 14.3 Å². The minimum atomic E-state index is -0.243. The number of rotatable bonds is 6. The summed E-state index contributed by atoms with van der Waals surface area (Å²) in [4.78, 5) is 21.4. The third-order valence-electron chi connectivity index (χ3n) is 4.38. The molecule has 4 aromatic rings. The van der Waals surface area contributed by atoms with Crippen molar-refractivity contribution in [3.63, 3.8) is 0 Å². The van der Waals surface area contributed by atoms with Gasteiger partial charge < -0.3 is 14.8 Å². The number of anilines is 1. The molecule has 0 atom stereocenters.